The van der Waals surface area contributed by atoms with Gasteiger partial charge in [-0.2, -0.15) is 0 Å². The maximum Gasteiger partial charge on any atom is 0.335 e. The van der Waals surface area contributed by atoms with Crippen LogP contribution in [0.3, 0.4) is 0 Å². The molecular weight excluding hydrogens is 352 g/mol. The van der Waals surface area contributed by atoms with E-state index in [0.717, 1.165) is 11.1 Å². The number of benzene rings is 2. The van der Waals surface area contributed by atoms with Gasteiger partial charge in [0.1, 0.15) is 11.5 Å². The van der Waals surface area contributed by atoms with Gasteiger partial charge in [-0.15, -0.1) is 12.4 Å². The lowest BCUT2D eigenvalue weighted by Crippen LogP contribution is -2.21. The van der Waals surface area contributed by atoms with Crippen LogP contribution in [0, 0.1) is 5.41 Å². The highest BCUT2D eigenvalue weighted by Crippen LogP contribution is 2.46. The van der Waals surface area contributed by atoms with Crippen molar-refractivity contribution in [1.29, 1.82) is 5.41 Å². The van der Waals surface area contributed by atoms with E-state index in [0.29, 0.717) is 34.9 Å². The number of fused-ring (bicyclic) bond motifs is 1. The van der Waals surface area contributed by atoms with E-state index in [1.54, 1.807) is 30.3 Å². The van der Waals surface area contributed by atoms with Crippen molar-refractivity contribution in [3.8, 4) is 5.75 Å². The molecule has 0 spiro atoms. The molecule has 2 aliphatic rings. The molecule has 6 heteroatoms. The zero-order chi connectivity index (χ0) is 17.6. The first-order chi connectivity index (χ1) is 12.0. The van der Waals surface area contributed by atoms with E-state index < -0.39 is 5.97 Å². The molecule has 5 nitrogen and oxygen atoms in total. The number of aromatic carboxylic acids is 1. The van der Waals surface area contributed by atoms with Crippen molar-refractivity contribution in [2.75, 3.05) is 5.73 Å². The Morgan fingerprint density at radius 2 is 1.92 bits per heavy atom. The van der Waals surface area contributed by atoms with Gasteiger partial charge in [0, 0.05) is 40.9 Å². The summed E-state index contributed by atoms with van der Waals surface area (Å²) in [6.07, 6.45) is 3.97. The summed E-state index contributed by atoms with van der Waals surface area (Å²) in [5.41, 5.74) is 9.66. The molecule has 132 valence electrons. The highest BCUT2D eigenvalue weighted by atomic mass is 35.5. The number of hydrogen-bond donors (Lipinski definition) is 3. The number of carboxylic acids is 1. The van der Waals surface area contributed by atoms with Crippen molar-refractivity contribution in [3.63, 3.8) is 0 Å². The van der Waals surface area contributed by atoms with Gasteiger partial charge < -0.3 is 21.0 Å². The van der Waals surface area contributed by atoms with Crippen LogP contribution in [-0.4, -0.2) is 16.8 Å². The Kier molecular flexibility index (Phi) is 4.57. The fourth-order valence-corrected chi connectivity index (χ4v) is 3.43. The Balaban J connectivity index is 0.00000196. The van der Waals surface area contributed by atoms with Gasteiger partial charge in [-0.1, -0.05) is 30.3 Å². The van der Waals surface area contributed by atoms with Gasteiger partial charge in [0.05, 0.1) is 5.56 Å². The summed E-state index contributed by atoms with van der Waals surface area (Å²) in [5, 5.41) is 17.5. The average Bonchev–Trinajstić information content (AvgIpc) is 2.59. The molecule has 1 aliphatic carbocycles. The van der Waals surface area contributed by atoms with Crippen LogP contribution in [0.1, 0.15) is 33.8 Å². The molecule has 0 radical (unpaired) electrons. The Morgan fingerprint density at radius 1 is 1.15 bits per heavy atom. The van der Waals surface area contributed by atoms with E-state index >= 15 is 0 Å². The first-order valence-corrected chi connectivity index (χ1v) is 7.92. The van der Waals surface area contributed by atoms with Crippen LogP contribution in [-0.2, 0) is 0 Å². The lowest BCUT2D eigenvalue weighted by Gasteiger charge is -2.32. The number of anilines is 1. The van der Waals surface area contributed by atoms with Gasteiger partial charge in [0.2, 0.25) is 0 Å². The molecule has 1 aliphatic heterocycles. The summed E-state index contributed by atoms with van der Waals surface area (Å²) >= 11 is 0. The summed E-state index contributed by atoms with van der Waals surface area (Å²) in [5.74, 6) is 0.0626. The van der Waals surface area contributed by atoms with E-state index in [1.165, 1.54) is 0 Å². The second-order valence-electron chi connectivity index (χ2n) is 6.14. The Morgan fingerprint density at radius 3 is 2.69 bits per heavy atom. The van der Waals surface area contributed by atoms with Crippen molar-refractivity contribution >= 4 is 29.8 Å². The summed E-state index contributed by atoms with van der Waals surface area (Å²) < 4.78 is 6.00. The minimum Gasteiger partial charge on any atom is -0.478 e. The minimum absolute atomic E-state index is 0. The third-order valence-electron chi connectivity index (χ3n) is 4.53. The van der Waals surface area contributed by atoms with Crippen molar-refractivity contribution in [1.82, 2.24) is 0 Å². The number of carbonyl (C=O) groups is 1. The molecule has 1 atom stereocenters. The van der Waals surface area contributed by atoms with Crippen LogP contribution in [0.15, 0.2) is 65.9 Å². The predicted molar refractivity (Wildman–Crippen MR) is 102 cm³/mol. The molecule has 4 N–H and O–H groups in total. The molecule has 0 amide bonds. The molecule has 0 saturated carbocycles. The summed E-state index contributed by atoms with van der Waals surface area (Å²) in [7, 11) is 0. The van der Waals surface area contributed by atoms with Crippen LogP contribution in [0.25, 0.3) is 0 Å². The molecule has 0 bridgehead atoms. The molecular formula is C20H17ClN2O3. The largest absolute Gasteiger partial charge is 0.478 e. The topological polar surface area (TPSA) is 96.4 Å². The highest BCUT2D eigenvalue weighted by Gasteiger charge is 2.33. The SMILES string of the molecule is Cl.N=C1C=CC2=C(C1)Oc1cc(N)ccc1C2c1ccccc1C(=O)O. The quantitative estimate of drug-likeness (QED) is 0.694. The number of rotatable bonds is 2. The number of nitrogens with two attached hydrogens (primary N) is 1. The number of halogens is 1. The van der Waals surface area contributed by atoms with Crippen LogP contribution in [0.2, 0.25) is 0 Å². The normalized spacial score (nSPS) is 17.7. The number of nitrogens with one attached hydrogen (secondary N) is 1. The highest BCUT2D eigenvalue weighted by molar-refractivity contribution is 5.96. The van der Waals surface area contributed by atoms with Crippen LogP contribution >= 0.6 is 12.4 Å². The van der Waals surface area contributed by atoms with Gasteiger partial charge in [-0.25, -0.2) is 4.79 Å². The van der Waals surface area contributed by atoms with E-state index in [9.17, 15) is 9.90 Å². The fourth-order valence-electron chi connectivity index (χ4n) is 3.43. The Hall–Kier alpha value is -3.05. The lowest BCUT2D eigenvalue weighted by molar-refractivity contribution is 0.0695. The van der Waals surface area contributed by atoms with Gasteiger partial charge >= 0.3 is 5.97 Å². The van der Waals surface area contributed by atoms with Gasteiger partial charge in [-0.05, 0) is 23.8 Å². The third kappa shape index (κ3) is 2.86. The van der Waals surface area contributed by atoms with E-state index in [2.05, 4.69) is 0 Å². The molecule has 2 aromatic rings. The number of ether oxygens (including phenoxy) is 1. The monoisotopic (exact) mass is 368 g/mol. The zero-order valence-corrected chi connectivity index (χ0v) is 14.5. The molecule has 0 saturated heterocycles. The van der Waals surface area contributed by atoms with E-state index in [1.807, 2.05) is 24.3 Å². The standard InChI is InChI=1S/C20H16N2O3.ClH/c21-11-5-7-15-17(9-11)25-18-10-12(22)6-8-16(18)19(15)13-3-1-2-4-14(13)20(23)24;/h1-9,19,22H,10,21H2,(H,23,24);1H. The molecule has 2 aromatic carbocycles. The molecule has 1 unspecified atom stereocenters. The summed E-state index contributed by atoms with van der Waals surface area (Å²) in [4.78, 5) is 11.7. The van der Waals surface area contributed by atoms with Crippen molar-refractivity contribution in [2.45, 2.75) is 12.3 Å². The van der Waals surface area contributed by atoms with Crippen LogP contribution in [0.5, 0.6) is 5.75 Å². The zero-order valence-electron chi connectivity index (χ0n) is 13.7. The predicted octanol–water partition coefficient (Wildman–Crippen LogP) is 4.15. The smallest absolute Gasteiger partial charge is 0.335 e. The Labute approximate surface area is 156 Å². The Bertz CT molecular complexity index is 979. The average molecular weight is 369 g/mol. The van der Waals surface area contributed by atoms with E-state index in [-0.39, 0.29) is 23.9 Å². The first kappa shape index (κ1) is 17.8. The molecule has 0 aromatic heterocycles. The summed E-state index contributed by atoms with van der Waals surface area (Å²) in [6.45, 7) is 0. The minimum atomic E-state index is -0.964. The number of hydrogen-bond acceptors (Lipinski definition) is 4. The van der Waals surface area contributed by atoms with Gasteiger partial charge in [0.15, 0.2) is 0 Å². The van der Waals surface area contributed by atoms with Crippen molar-refractivity contribution in [2.24, 2.45) is 0 Å². The van der Waals surface area contributed by atoms with Crippen LogP contribution in [0.4, 0.5) is 5.69 Å². The maximum atomic E-state index is 11.7. The molecule has 4 rings (SSSR count). The van der Waals surface area contributed by atoms with Gasteiger partial charge in [-0.3, -0.25) is 0 Å². The second-order valence-corrected chi connectivity index (χ2v) is 6.14. The van der Waals surface area contributed by atoms with Crippen molar-refractivity contribution < 1.29 is 14.6 Å². The number of carboxylic acid groups (broad SMARTS) is 1. The van der Waals surface area contributed by atoms with Crippen molar-refractivity contribution in [3.05, 3.63) is 82.6 Å². The fraction of sp³-hybridized carbons (Fsp3) is 0.100. The van der Waals surface area contributed by atoms with Crippen LogP contribution < -0.4 is 10.5 Å². The number of allylic oxidation sites excluding steroid dienone is 4. The van der Waals surface area contributed by atoms with Gasteiger partial charge in [0.25, 0.3) is 0 Å². The number of nitrogen functional groups attached to an aromatic ring is 1. The first-order valence-electron chi connectivity index (χ1n) is 7.92. The lowest BCUT2D eigenvalue weighted by atomic mass is 9.78. The van der Waals surface area contributed by atoms with E-state index in [4.69, 9.17) is 15.9 Å². The molecule has 1 heterocycles. The maximum absolute atomic E-state index is 11.7. The summed E-state index contributed by atoms with van der Waals surface area (Å²) in [6, 6.07) is 12.4. The molecule has 0 fully saturated rings. The third-order valence-corrected chi connectivity index (χ3v) is 4.53. The molecule has 26 heavy (non-hydrogen) atoms. The second kappa shape index (κ2) is 6.69.